The molecule has 130 valence electrons. The van der Waals surface area contributed by atoms with E-state index in [-0.39, 0.29) is 30.0 Å². The first kappa shape index (κ1) is 18.6. The number of aliphatic hydroxyl groups is 1. The molecule has 1 heterocycles. The molecule has 0 amide bonds. The normalized spacial score (nSPS) is 22.9. The van der Waals surface area contributed by atoms with Crippen LogP contribution in [0, 0.1) is 0 Å². The first-order chi connectivity index (χ1) is 10.7. The van der Waals surface area contributed by atoms with E-state index in [1.165, 1.54) is 0 Å². The predicted molar refractivity (Wildman–Crippen MR) is 93.9 cm³/mol. The molecule has 2 rings (SSSR count). The van der Waals surface area contributed by atoms with Crippen molar-refractivity contribution in [3.63, 3.8) is 0 Å². The van der Waals surface area contributed by atoms with E-state index in [1.807, 2.05) is 30.3 Å². The summed E-state index contributed by atoms with van der Waals surface area (Å²) in [5, 5.41) is 9.42. The fourth-order valence-electron chi connectivity index (χ4n) is 2.15. The third-order valence-electron chi connectivity index (χ3n) is 4.89. The van der Waals surface area contributed by atoms with Gasteiger partial charge in [0.05, 0.1) is 19.8 Å². The Morgan fingerprint density at radius 2 is 1.87 bits per heavy atom. The minimum absolute atomic E-state index is 0.0377. The van der Waals surface area contributed by atoms with E-state index in [4.69, 9.17) is 13.9 Å². The lowest BCUT2D eigenvalue weighted by Gasteiger charge is -2.37. The Kier molecular flexibility index (Phi) is 6.03. The van der Waals surface area contributed by atoms with E-state index in [2.05, 4.69) is 33.9 Å². The number of hydrogen-bond donors (Lipinski definition) is 1. The van der Waals surface area contributed by atoms with Gasteiger partial charge in [0.1, 0.15) is 18.3 Å². The smallest absolute Gasteiger partial charge is 0.192 e. The number of ether oxygens (including phenoxy) is 2. The highest BCUT2D eigenvalue weighted by atomic mass is 28.4. The molecule has 0 saturated carbocycles. The first-order valence-electron chi connectivity index (χ1n) is 8.30. The molecule has 1 aliphatic rings. The predicted octanol–water partition coefficient (Wildman–Crippen LogP) is 3.35. The maximum atomic E-state index is 9.26. The average molecular weight is 339 g/mol. The van der Waals surface area contributed by atoms with Gasteiger partial charge in [0.2, 0.25) is 0 Å². The molecule has 1 fully saturated rings. The summed E-state index contributed by atoms with van der Waals surface area (Å²) in [7, 11) is -1.82. The summed E-state index contributed by atoms with van der Waals surface area (Å²) in [5.41, 5.74) is 1.13. The van der Waals surface area contributed by atoms with Crippen LogP contribution in [0.4, 0.5) is 0 Å². The second kappa shape index (κ2) is 7.45. The molecule has 3 atom stereocenters. The Balaban J connectivity index is 1.93. The van der Waals surface area contributed by atoms with Crippen molar-refractivity contribution >= 4 is 8.32 Å². The molecule has 4 nitrogen and oxygen atoms in total. The molecule has 0 spiro atoms. The quantitative estimate of drug-likeness (QED) is 0.583. The second-order valence-corrected chi connectivity index (χ2v) is 12.5. The van der Waals surface area contributed by atoms with Crippen LogP contribution in [0.25, 0.3) is 0 Å². The average Bonchev–Trinajstić information content (AvgIpc) is 3.26. The van der Waals surface area contributed by atoms with Crippen molar-refractivity contribution in [1.82, 2.24) is 0 Å². The largest absolute Gasteiger partial charge is 0.414 e. The lowest BCUT2D eigenvalue weighted by atomic mass is 10.2. The molecule has 0 aromatic heterocycles. The van der Waals surface area contributed by atoms with Gasteiger partial charge in [-0.2, -0.15) is 0 Å². The molecule has 1 aromatic rings. The van der Waals surface area contributed by atoms with Gasteiger partial charge in [-0.3, -0.25) is 0 Å². The van der Waals surface area contributed by atoms with E-state index in [1.54, 1.807) is 0 Å². The molecule has 1 aliphatic heterocycles. The Bertz CT molecular complexity index is 484. The van der Waals surface area contributed by atoms with Crippen LogP contribution in [0.5, 0.6) is 0 Å². The molecule has 0 unspecified atom stereocenters. The number of hydrogen-bond acceptors (Lipinski definition) is 4. The van der Waals surface area contributed by atoms with Gasteiger partial charge in [0.25, 0.3) is 0 Å². The van der Waals surface area contributed by atoms with Gasteiger partial charge in [-0.25, -0.2) is 0 Å². The molecule has 23 heavy (non-hydrogen) atoms. The molecule has 5 heteroatoms. The molecule has 1 saturated heterocycles. The fourth-order valence-corrected chi connectivity index (χ4v) is 3.17. The summed E-state index contributed by atoms with van der Waals surface area (Å²) in [6.07, 6.45) is -0.311. The van der Waals surface area contributed by atoms with Crippen LogP contribution >= 0.6 is 0 Å². The number of aliphatic hydroxyl groups excluding tert-OH is 1. The van der Waals surface area contributed by atoms with Crippen molar-refractivity contribution in [3.8, 4) is 0 Å². The van der Waals surface area contributed by atoms with Crippen LogP contribution in [-0.2, 0) is 20.5 Å². The highest BCUT2D eigenvalue weighted by Crippen LogP contribution is 2.37. The highest BCUT2D eigenvalue weighted by molar-refractivity contribution is 6.74. The third kappa shape index (κ3) is 5.13. The number of benzene rings is 1. The van der Waals surface area contributed by atoms with Crippen molar-refractivity contribution in [3.05, 3.63) is 35.9 Å². The lowest BCUT2D eigenvalue weighted by molar-refractivity contribution is -0.00999. The summed E-state index contributed by atoms with van der Waals surface area (Å²) in [6, 6.07) is 10.1. The highest BCUT2D eigenvalue weighted by Gasteiger charge is 2.46. The summed E-state index contributed by atoms with van der Waals surface area (Å²) >= 11 is 0. The first-order valence-corrected chi connectivity index (χ1v) is 11.2. The summed E-state index contributed by atoms with van der Waals surface area (Å²) in [5.74, 6) is 0. The topological polar surface area (TPSA) is 51.2 Å². The van der Waals surface area contributed by atoms with Crippen LogP contribution in [0.3, 0.4) is 0 Å². The van der Waals surface area contributed by atoms with Crippen LogP contribution in [0.2, 0.25) is 18.1 Å². The van der Waals surface area contributed by atoms with E-state index < -0.39 is 8.32 Å². The van der Waals surface area contributed by atoms with Gasteiger partial charge in [-0.1, -0.05) is 51.1 Å². The Morgan fingerprint density at radius 1 is 1.22 bits per heavy atom. The number of epoxide rings is 1. The van der Waals surface area contributed by atoms with Crippen LogP contribution in [0.15, 0.2) is 30.3 Å². The van der Waals surface area contributed by atoms with Crippen LogP contribution < -0.4 is 0 Å². The van der Waals surface area contributed by atoms with Gasteiger partial charge in [0.15, 0.2) is 8.32 Å². The van der Waals surface area contributed by atoms with Crippen molar-refractivity contribution in [1.29, 1.82) is 0 Å². The van der Waals surface area contributed by atoms with E-state index in [9.17, 15) is 5.11 Å². The zero-order valence-corrected chi connectivity index (χ0v) is 15.9. The van der Waals surface area contributed by atoms with Crippen molar-refractivity contribution in [2.45, 2.75) is 63.8 Å². The summed E-state index contributed by atoms with van der Waals surface area (Å²) in [4.78, 5) is 0. The maximum Gasteiger partial charge on any atom is 0.192 e. The van der Waals surface area contributed by atoms with Gasteiger partial charge in [-0.05, 0) is 23.7 Å². The zero-order valence-electron chi connectivity index (χ0n) is 14.9. The van der Waals surface area contributed by atoms with Crippen LogP contribution in [-0.4, -0.2) is 44.9 Å². The third-order valence-corrected chi connectivity index (χ3v) is 9.39. The molecule has 0 bridgehead atoms. The van der Waals surface area contributed by atoms with Crippen molar-refractivity contribution in [2.75, 3.05) is 13.2 Å². The van der Waals surface area contributed by atoms with Crippen LogP contribution in [0.1, 0.15) is 26.3 Å². The van der Waals surface area contributed by atoms with E-state index in [0.29, 0.717) is 13.2 Å². The van der Waals surface area contributed by atoms with Crippen molar-refractivity contribution < 1.29 is 19.0 Å². The Labute approximate surface area is 140 Å². The monoisotopic (exact) mass is 338 g/mol. The number of rotatable bonds is 8. The molecule has 1 aromatic carbocycles. The molecular weight excluding hydrogens is 308 g/mol. The Hall–Kier alpha value is -0.723. The standard InChI is InChI=1S/C18H30O4Si/c1-18(2,3)23(4,5)21-13-16(17-15(11-19)22-17)20-12-14-9-7-6-8-10-14/h6-10,15-17,19H,11-13H2,1-5H3/t15-,16-,17+/m1/s1. The van der Waals surface area contributed by atoms with Crippen molar-refractivity contribution in [2.24, 2.45) is 0 Å². The molecule has 0 radical (unpaired) electrons. The van der Waals surface area contributed by atoms with Gasteiger partial charge < -0.3 is 19.0 Å². The van der Waals surface area contributed by atoms with E-state index in [0.717, 1.165) is 5.56 Å². The van der Waals surface area contributed by atoms with Gasteiger partial charge >= 0.3 is 0 Å². The molecule has 1 N–H and O–H groups in total. The fraction of sp³-hybridized carbons (Fsp3) is 0.667. The SMILES string of the molecule is CC(C)(C)[Si](C)(C)OC[C@@H](OCc1ccccc1)[C@H]1O[C@@H]1CO. The Morgan fingerprint density at radius 3 is 2.39 bits per heavy atom. The molecule has 0 aliphatic carbocycles. The maximum absolute atomic E-state index is 9.26. The minimum Gasteiger partial charge on any atom is -0.414 e. The zero-order chi connectivity index (χ0) is 17.1. The minimum atomic E-state index is -1.82. The second-order valence-electron chi connectivity index (χ2n) is 7.73. The summed E-state index contributed by atoms with van der Waals surface area (Å²) < 4.78 is 17.9. The van der Waals surface area contributed by atoms with E-state index >= 15 is 0 Å². The van der Waals surface area contributed by atoms with Gasteiger partial charge in [-0.15, -0.1) is 0 Å². The summed E-state index contributed by atoms with van der Waals surface area (Å²) in [6.45, 7) is 12.2. The lowest BCUT2D eigenvalue weighted by Crippen LogP contribution is -2.44. The molecular formula is C18H30O4Si. The van der Waals surface area contributed by atoms with Gasteiger partial charge in [0, 0.05) is 0 Å².